The topological polar surface area (TPSA) is 39.7 Å². The molecule has 0 aliphatic heterocycles. The summed E-state index contributed by atoms with van der Waals surface area (Å²) in [4.78, 5) is 22.9. The number of amides is 1. The molecule has 0 fully saturated rings. The number of hydrogen-bond donors (Lipinski definition) is 0. The molecule has 124 valence electrons. The highest BCUT2D eigenvalue weighted by Crippen LogP contribution is 2.11. The summed E-state index contributed by atoms with van der Waals surface area (Å²) in [6.45, 7) is 3.39. The first-order chi connectivity index (χ1) is 10.4. The molecular weight excluding hydrogens is 300 g/mol. The van der Waals surface area contributed by atoms with E-state index in [4.69, 9.17) is 11.6 Å². The largest absolute Gasteiger partial charge is 0.337 e. The number of hydrogen-bond acceptors (Lipinski definition) is 4. The van der Waals surface area contributed by atoms with Gasteiger partial charge in [-0.2, -0.15) is 0 Å². The molecule has 0 radical (unpaired) electrons. The summed E-state index contributed by atoms with van der Waals surface area (Å²) in [5, 5.41) is 0.542. The fourth-order valence-corrected chi connectivity index (χ4v) is 2.31. The maximum absolute atomic E-state index is 12.6. The van der Waals surface area contributed by atoms with Crippen molar-refractivity contribution in [2.45, 2.75) is 12.8 Å². The molecule has 0 unspecified atom stereocenters. The van der Waals surface area contributed by atoms with Crippen molar-refractivity contribution in [2.75, 3.05) is 54.4 Å². The van der Waals surface area contributed by atoms with Crippen LogP contribution in [0.5, 0.6) is 0 Å². The summed E-state index contributed by atoms with van der Waals surface area (Å²) in [6, 6.07) is 3.32. The lowest BCUT2D eigenvalue weighted by molar-refractivity contribution is 0.0739. The fourth-order valence-electron chi connectivity index (χ4n) is 2.15. The van der Waals surface area contributed by atoms with Gasteiger partial charge in [-0.25, -0.2) is 0 Å². The van der Waals surface area contributed by atoms with Gasteiger partial charge >= 0.3 is 0 Å². The first-order valence-electron chi connectivity index (χ1n) is 7.60. The van der Waals surface area contributed by atoms with Crippen molar-refractivity contribution in [3.63, 3.8) is 0 Å². The summed E-state index contributed by atoms with van der Waals surface area (Å²) in [6.07, 6.45) is 3.47. The lowest BCUT2D eigenvalue weighted by Gasteiger charge is -2.24. The Kier molecular flexibility index (Phi) is 8.38. The Morgan fingerprint density at radius 2 is 1.59 bits per heavy atom. The van der Waals surface area contributed by atoms with Crippen LogP contribution < -0.4 is 0 Å². The minimum absolute atomic E-state index is 0.0417. The van der Waals surface area contributed by atoms with Crippen molar-refractivity contribution in [1.82, 2.24) is 19.7 Å². The van der Waals surface area contributed by atoms with Crippen molar-refractivity contribution >= 4 is 17.5 Å². The van der Waals surface area contributed by atoms with Crippen LogP contribution in [0.3, 0.4) is 0 Å². The smallest absolute Gasteiger partial charge is 0.272 e. The van der Waals surface area contributed by atoms with Gasteiger partial charge < -0.3 is 14.7 Å². The average molecular weight is 327 g/mol. The third kappa shape index (κ3) is 7.20. The van der Waals surface area contributed by atoms with Crippen LogP contribution in [0.2, 0.25) is 5.02 Å². The zero-order valence-corrected chi connectivity index (χ0v) is 14.8. The quantitative estimate of drug-likeness (QED) is 0.696. The summed E-state index contributed by atoms with van der Waals surface area (Å²) >= 11 is 5.96. The number of carbonyl (C=O) groups excluding carboxylic acids is 1. The molecule has 0 aliphatic carbocycles. The molecule has 0 N–H and O–H groups in total. The Balaban J connectivity index is 2.67. The molecule has 1 aromatic heterocycles. The molecule has 22 heavy (non-hydrogen) atoms. The van der Waals surface area contributed by atoms with Gasteiger partial charge in [-0.15, -0.1) is 0 Å². The molecule has 0 saturated carbocycles. The van der Waals surface area contributed by atoms with E-state index in [1.807, 2.05) is 33.1 Å². The van der Waals surface area contributed by atoms with E-state index in [-0.39, 0.29) is 5.91 Å². The number of pyridine rings is 1. The van der Waals surface area contributed by atoms with Crippen LogP contribution in [0.1, 0.15) is 23.3 Å². The summed E-state index contributed by atoms with van der Waals surface area (Å²) in [5.41, 5.74) is 0.419. The van der Waals surface area contributed by atoms with Gasteiger partial charge in [-0.3, -0.25) is 9.78 Å². The van der Waals surface area contributed by atoms with Crippen molar-refractivity contribution in [3.05, 3.63) is 29.0 Å². The normalized spacial score (nSPS) is 11.2. The summed E-state index contributed by atoms with van der Waals surface area (Å²) in [7, 11) is 8.15. The first-order valence-corrected chi connectivity index (χ1v) is 7.98. The molecule has 0 aromatic carbocycles. The molecule has 0 atom stereocenters. The Morgan fingerprint density at radius 1 is 1.05 bits per heavy atom. The summed E-state index contributed by atoms with van der Waals surface area (Å²) < 4.78 is 0. The van der Waals surface area contributed by atoms with Gasteiger partial charge in [0.15, 0.2) is 0 Å². The molecule has 1 rings (SSSR count). The molecule has 0 bridgehead atoms. The van der Waals surface area contributed by atoms with E-state index in [0.29, 0.717) is 10.7 Å². The SMILES string of the molecule is CN(C)CCCN(CCCN(C)C)C(=O)c1cc(Cl)ccn1. The second kappa shape index (κ2) is 9.77. The molecule has 1 heterocycles. The van der Waals surface area contributed by atoms with Crippen LogP contribution in [-0.4, -0.2) is 80.0 Å². The molecule has 1 amide bonds. The van der Waals surface area contributed by atoms with Crippen LogP contribution in [0.15, 0.2) is 18.3 Å². The number of carbonyl (C=O) groups is 1. The highest BCUT2D eigenvalue weighted by molar-refractivity contribution is 6.30. The lowest BCUT2D eigenvalue weighted by Crippen LogP contribution is -2.36. The van der Waals surface area contributed by atoms with Gasteiger partial charge in [0.25, 0.3) is 5.91 Å². The van der Waals surface area contributed by atoms with E-state index in [9.17, 15) is 4.79 Å². The predicted octanol–water partition coefficient (Wildman–Crippen LogP) is 2.08. The van der Waals surface area contributed by atoms with E-state index < -0.39 is 0 Å². The van der Waals surface area contributed by atoms with Crippen LogP contribution in [0, 0.1) is 0 Å². The van der Waals surface area contributed by atoms with Crippen LogP contribution in [0.4, 0.5) is 0 Å². The Hall–Kier alpha value is -1.17. The molecular formula is C16H27ClN4O. The zero-order chi connectivity index (χ0) is 16.5. The van der Waals surface area contributed by atoms with Crippen LogP contribution in [0.25, 0.3) is 0 Å². The van der Waals surface area contributed by atoms with E-state index in [1.54, 1.807) is 18.3 Å². The predicted molar refractivity (Wildman–Crippen MR) is 91.5 cm³/mol. The molecule has 0 saturated heterocycles. The van der Waals surface area contributed by atoms with Gasteiger partial charge in [0.2, 0.25) is 0 Å². The minimum Gasteiger partial charge on any atom is -0.337 e. The maximum Gasteiger partial charge on any atom is 0.272 e. The average Bonchev–Trinajstić information content (AvgIpc) is 2.44. The molecule has 1 aromatic rings. The van der Waals surface area contributed by atoms with Crippen molar-refractivity contribution < 1.29 is 4.79 Å². The lowest BCUT2D eigenvalue weighted by atomic mass is 10.2. The Morgan fingerprint density at radius 3 is 2.05 bits per heavy atom. The number of aromatic nitrogens is 1. The van der Waals surface area contributed by atoms with Crippen LogP contribution in [-0.2, 0) is 0 Å². The molecule has 5 nitrogen and oxygen atoms in total. The van der Waals surface area contributed by atoms with Gasteiger partial charge in [-0.1, -0.05) is 11.6 Å². The second-order valence-corrected chi connectivity index (χ2v) is 6.40. The standard InChI is InChI=1S/C16H27ClN4O/c1-19(2)9-5-11-21(12-6-10-20(3)4)16(22)15-13-14(17)7-8-18-15/h7-8,13H,5-6,9-12H2,1-4H3. The minimum atomic E-state index is -0.0417. The summed E-state index contributed by atoms with van der Waals surface area (Å²) in [5.74, 6) is -0.0417. The van der Waals surface area contributed by atoms with Crippen molar-refractivity contribution in [1.29, 1.82) is 0 Å². The highest BCUT2D eigenvalue weighted by Gasteiger charge is 2.17. The zero-order valence-electron chi connectivity index (χ0n) is 14.0. The Labute approximate surface area is 138 Å². The van der Waals surface area contributed by atoms with Gasteiger partial charge in [0.05, 0.1) is 0 Å². The van der Waals surface area contributed by atoms with Gasteiger partial charge in [0.1, 0.15) is 5.69 Å². The van der Waals surface area contributed by atoms with Crippen LogP contribution >= 0.6 is 11.6 Å². The molecule has 6 heteroatoms. The van der Waals surface area contributed by atoms with E-state index in [0.717, 1.165) is 39.0 Å². The number of rotatable bonds is 9. The van der Waals surface area contributed by atoms with Crippen molar-refractivity contribution in [3.8, 4) is 0 Å². The Bertz CT molecular complexity index is 451. The fraction of sp³-hybridized carbons (Fsp3) is 0.625. The second-order valence-electron chi connectivity index (χ2n) is 5.97. The first kappa shape index (κ1) is 18.9. The molecule has 0 spiro atoms. The number of halogens is 1. The highest BCUT2D eigenvalue weighted by atomic mass is 35.5. The van der Waals surface area contributed by atoms with Gasteiger partial charge in [-0.05, 0) is 66.3 Å². The van der Waals surface area contributed by atoms with Crippen molar-refractivity contribution in [2.24, 2.45) is 0 Å². The third-order valence-electron chi connectivity index (χ3n) is 3.30. The van der Waals surface area contributed by atoms with Gasteiger partial charge in [0, 0.05) is 24.3 Å². The maximum atomic E-state index is 12.6. The number of nitrogens with zero attached hydrogens (tertiary/aromatic N) is 4. The molecule has 0 aliphatic rings. The van der Waals surface area contributed by atoms with E-state index in [1.165, 1.54) is 0 Å². The monoisotopic (exact) mass is 326 g/mol. The van der Waals surface area contributed by atoms with E-state index in [2.05, 4.69) is 14.8 Å². The van der Waals surface area contributed by atoms with E-state index >= 15 is 0 Å². The third-order valence-corrected chi connectivity index (χ3v) is 3.53.